The minimum absolute atomic E-state index is 0.0297. The van der Waals surface area contributed by atoms with E-state index in [0.717, 1.165) is 70.6 Å². The molecule has 9 nitrogen and oxygen atoms in total. The van der Waals surface area contributed by atoms with Crippen molar-refractivity contribution in [1.82, 2.24) is 0 Å². The molecule has 0 aromatic heterocycles. The average molecular weight is 745 g/mol. The molecule has 0 amide bonds. The Morgan fingerprint density at radius 2 is 1.00 bits per heavy atom. The molecule has 0 fully saturated rings. The standard InChI is InChI=1S/C41H78NO8P/c1-6-8-10-12-14-16-18-20-22-24-26-28-30-32-34-41(44)50-39(38-49-51(45,46)48-36-35-42(3,4)5)37-47-40(43)33-31-29-27-25-23-21-19-17-15-13-11-9-7-2/h17-20,39H,6-16,21-38H2,1-5H3/p+1/b19-17-,20-18+/t39-/m1/s1. The Bertz CT molecular complexity index is 933. The zero-order valence-electron chi connectivity index (χ0n) is 33.6. The second-order valence-corrected chi connectivity index (χ2v) is 16.5. The van der Waals surface area contributed by atoms with Crippen molar-refractivity contribution in [2.75, 3.05) is 47.5 Å². The van der Waals surface area contributed by atoms with Gasteiger partial charge in [0, 0.05) is 12.8 Å². The molecule has 0 aliphatic heterocycles. The number of esters is 2. The Morgan fingerprint density at radius 3 is 1.47 bits per heavy atom. The van der Waals surface area contributed by atoms with Crippen molar-refractivity contribution in [3.8, 4) is 0 Å². The van der Waals surface area contributed by atoms with E-state index in [-0.39, 0.29) is 32.0 Å². The zero-order valence-corrected chi connectivity index (χ0v) is 34.5. The predicted molar refractivity (Wildman–Crippen MR) is 211 cm³/mol. The molecule has 0 spiro atoms. The van der Waals surface area contributed by atoms with Crippen molar-refractivity contribution >= 4 is 19.8 Å². The van der Waals surface area contributed by atoms with Gasteiger partial charge in [-0.1, -0.05) is 122 Å². The van der Waals surface area contributed by atoms with Crippen LogP contribution in [0.1, 0.15) is 174 Å². The SMILES string of the molecule is CCCCCC/C=C\CCCCCCCC(=O)OC[C@H](COP(=O)(O)OCC[N+](C)(C)C)OC(=O)CCCCCCC/C=C/CCCCCCC. The third kappa shape index (κ3) is 38.0. The van der Waals surface area contributed by atoms with E-state index in [1.165, 1.54) is 70.6 Å². The minimum Gasteiger partial charge on any atom is -0.462 e. The van der Waals surface area contributed by atoms with E-state index in [4.69, 9.17) is 18.5 Å². The van der Waals surface area contributed by atoms with Gasteiger partial charge in [-0.25, -0.2) is 4.57 Å². The van der Waals surface area contributed by atoms with Gasteiger partial charge < -0.3 is 18.9 Å². The first kappa shape index (κ1) is 49.5. The lowest BCUT2D eigenvalue weighted by Gasteiger charge is -2.24. The van der Waals surface area contributed by atoms with Crippen LogP contribution in [0.2, 0.25) is 0 Å². The Labute approximate surface area is 313 Å². The molecule has 0 bridgehead atoms. The number of nitrogens with zero attached hydrogens (tertiary/aromatic N) is 1. The van der Waals surface area contributed by atoms with Gasteiger partial charge in [-0.05, 0) is 64.2 Å². The van der Waals surface area contributed by atoms with Crippen molar-refractivity contribution in [2.45, 2.75) is 180 Å². The Morgan fingerprint density at radius 1 is 0.588 bits per heavy atom. The molecule has 0 saturated carbocycles. The molecule has 1 unspecified atom stereocenters. The lowest BCUT2D eigenvalue weighted by molar-refractivity contribution is -0.870. The molecule has 0 radical (unpaired) electrons. The lowest BCUT2D eigenvalue weighted by atomic mass is 10.1. The molecule has 2 atom stereocenters. The molecule has 0 heterocycles. The van der Waals surface area contributed by atoms with Crippen LogP contribution in [-0.2, 0) is 32.7 Å². The number of phosphoric ester groups is 1. The number of rotatable bonds is 37. The van der Waals surface area contributed by atoms with Gasteiger partial charge in [-0.15, -0.1) is 0 Å². The van der Waals surface area contributed by atoms with Crippen LogP contribution in [0.3, 0.4) is 0 Å². The van der Waals surface area contributed by atoms with Gasteiger partial charge in [-0.2, -0.15) is 0 Å². The highest BCUT2D eigenvalue weighted by atomic mass is 31.2. The molecule has 0 saturated heterocycles. The summed E-state index contributed by atoms with van der Waals surface area (Å²) < 4.78 is 34.2. The van der Waals surface area contributed by atoms with Crippen LogP contribution in [-0.4, -0.2) is 74.9 Å². The molecule has 1 N–H and O–H groups in total. The van der Waals surface area contributed by atoms with Gasteiger partial charge in [0.05, 0.1) is 27.7 Å². The number of hydrogen-bond donors (Lipinski definition) is 1. The average Bonchev–Trinajstić information content (AvgIpc) is 3.07. The second-order valence-electron chi connectivity index (χ2n) is 15.0. The maximum atomic E-state index is 12.6. The third-order valence-electron chi connectivity index (χ3n) is 8.70. The van der Waals surface area contributed by atoms with Crippen molar-refractivity contribution in [1.29, 1.82) is 0 Å². The molecular formula is C41H79NO8P+. The summed E-state index contributed by atoms with van der Waals surface area (Å²) in [4.78, 5) is 35.2. The summed E-state index contributed by atoms with van der Waals surface area (Å²) in [6.07, 6.45) is 35.0. The summed E-state index contributed by atoms with van der Waals surface area (Å²) in [6, 6.07) is 0. The normalized spacial score (nSPS) is 13.9. The molecule has 0 aromatic rings. The van der Waals surface area contributed by atoms with Crippen molar-refractivity contribution < 1.29 is 42.1 Å². The molecule has 0 rings (SSSR count). The van der Waals surface area contributed by atoms with Gasteiger partial charge >= 0.3 is 19.8 Å². The van der Waals surface area contributed by atoms with Crippen LogP contribution in [0, 0.1) is 0 Å². The Hall–Kier alpha value is -1.51. The fourth-order valence-electron chi connectivity index (χ4n) is 5.41. The molecule has 0 aliphatic rings. The highest BCUT2D eigenvalue weighted by molar-refractivity contribution is 7.47. The van der Waals surface area contributed by atoms with Crippen molar-refractivity contribution in [3.63, 3.8) is 0 Å². The second kappa shape index (κ2) is 34.3. The highest BCUT2D eigenvalue weighted by Gasteiger charge is 2.27. The number of hydrogen-bond acceptors (Lipinski definition) is 7. The lowest BCUT2D eigenvalue weighted by Crippen LogP contribution is -2.37. The smallest absolute Gasteiger partial charge is 0.462 e. The van der Waals surface area contributed by atoms with E-state index in [9.17, 15) is 19.0 Å². The monoisotopic (exact) mass is 745 g/mol. The molecule has 300 valence electrons. The van der Waals surface area contributed by atoms with Crippen LogP contribution in [0.5, 0.6) is 0 Å². The molecule has 51 heavy (non-hydrogen) atoms. The summed E-state index contributed by atoms with van der Waals surface area (Å²) in [6.45, 7) is 4.37. The summed E-state index contributed by atoms with van der Waals surface area (Å²) in [5, 5.41) is 0. The summed E-state index contributed by atoms with van der Waals surface area (Å²) in [7, 11) is 1.47. The Kier molecular flexibility index (Phi) is 33.3. The van der Waals surface area contributed by atoms with Crippen LogP contribution in [0.15, 0.2) is 24.3 Å². The number of quaternary nitrogens is 1. The van der Waals surface area contributed by atoms with Gasteiger partial charge in [-0.3, -0.25) is 18.6 Å². The van der Waals surface area contributed by atoms with Crippen LogP contribution < -0.4 is 0 Å². The van der Waals surface area contributed by atoms with E-state index in [1.807, 2.05) is 21.1 Å². The highest BCUT2D eigenvalue weighted by Crippen LogP contribution is 2.43. The van der Waals surface area contributed by atoms with Gasteiger partial charge in [0.15, 0.2) is 6.10 Å². The van der Waals surface area contributed by atoms with E-state index in [0.29, 0.717) is 17.4 Å². The number of likely N-dealkylation sites (N-methyl/N-ethyl adjacent to an activating group) is 1. The fraction of sp³-hybridized carbons (Fsp3) is 0.854. The Balaban J connectivity index is 4.43. The van der Waals surface area contributed by atoms with E-state index in [2.05, 4.69) is 38.2 Å². The van der Waals surface area contributed by atoms with Crippen LogP contribution in [0.4, 0.5) is 0 Å². The maximum absolute atomic E-state index is 12.6. The first-order valence-electron chi connectivity index (χ1n) is 20.6. The number of allylic oxidation sites excluding steroid dienone is 4. The summed E-state index contributed by atoms with van der Waals surface area (Å²) in [5.74, 6) is -0.818. The third-order valence-corrected chi connectivity index (χ3v) is 9.69. The zero-order chi connectivity index (χ0) is 37.9. The quantitative estimate of drug-likeness (QED) is 0.0220. The van der Waals surface area contributed by atoms with E-state index < -0.39 is 26.5 Å². The summed E-state index contributed by atoms with van der Waals surface area (Å²) >= 11 is 0. The molecule has 10 heteroatoms. The number of carbonyl (C=O) groups excluding carboxylic acids is 2. The van der Waals surface area contributed by atoms with Gasteiger partial charge in [0.25, 0.3) is 0 Å². The molecular weight excluding hydrogens is 665 g/mol. The van der Waals surface area contributed by atoms with Gasteiger partial charge in [0.1, 0.15) is 19.8 Å². The fourth-order valence-corrected chi connectivity index (χ4v) is 6.16. The molecule has 0 aliphatic carbocycles. The predicted octanol–water partition coefficient (Wildman–Crippen LogP) is 11.2. The molecule has 0 aromatic carbocycles. The maximum Gasteiger partial charge on any atom is 0.472 e. The number of carbonyl (C=O) groups is 2. The van der Waals surface area contributed by atoms with Crippen molar-refractivity contribution in [3.05, 3.63) is 24.3 Å². The first-order chi connectivity index (χ1) is 24.5. The minimum atomic E-state index is -4.37. The summed E-state index contributed by atoms with van der Waals surface area (Å²) in [5.41, 5.74) is 0. The first-order valence-corrected chi connectivity index (χ1v) is 22.1. The number of ether oxygens (including phenoxy) is 2. The van der Waals surface area contributed by atoms with Crippen LogP contribution >= 0.6 is 7.82 Å². The largest absolute Gasteiger partial charge is 0.472 e. The van der Waals surface area contributed by atoms with Crippen molar-refractivity contribution in [2.24, 2.45) is 0 Å². The number of phosphoric acid groups is 1. The van der Waals surface area contributed by atoms with Crippen LogP contribution in [0.25, 0.3) is 0 Å². The van der Waals surface area contributed by atoms with E-state index >= 15 is 0 Å². The van der Waals surface area contributed by atoms with Gasteiger partial charge in [0.2, 0.25) is 0 Å². The topological polar surface area (TPSA) is 108 Å². The van der Waals surface area contributed by atoms with E-state index in [1.54, 1.807) is 0 Å². The number of unbranched alkanes of at least 4 members (excludes halogenated alkanes) is 19.